The highest BCUT2D eigenvalue weighted by molar-refractivity contribution is 5.69. The van der Waals surface area contributed by atoms with Crippen LogP contribution in [0, 0.1) is 6.92 Å². The van der Waals surface area contributed by atoms with E-state index < -0.39 is 0 Å². The summed E-state index contributed by atoms with van der Waals surface area (Å²) in [6.45, 7) is 6.45. The van der Waals surface area contributed by atoms with Crippen LogP contribution in [-0.4, -0.2) is 41.9 Å². The molecule has 1 aliphatic heterocycles. The second-order valence-electron chi connectivity index (χ2n) is 7.30. The molecule has 0 N–H and O–H groups in total. The number of piperidine rings is 1. The van der Waals surface area contributed by atoms with Crippen molar-refractivity contribution in [1.82, 2.24) is 14.6 Å². The third kappa shape index (κ3) is 3.28. The Balaban J connectivity index is 1.89. The fourth-order valence-electron chi connectivity index (χ4n) is 4.08. The second-order valence-corrected chi connectivity index (χ2v) is 7.30. The van der Waals surface area contributed by atoms with E-state index >= 15 is 0 Å². The van der Waals surface area contributed by atoms with Crippen LogP contribution >= 0.6 is 0 Å². The maximum atomic E-state index is 5.43. The normalized spacial score (nSPS) is 14.5. The van der Waals surface area contributed by atoms with E-state index in [0.29, 0.717) is 0 Å². The highest BCUT2D eigenvalue weighted by atomic mass is 16.5. The van der Waals surface area contributed by atoms with Gasteiger partial charge < -0.3 is 14.4 Å². The first-order chi connectivity index (χ1) is 13.6. The Kier molecular flexibility index (Phi) is 5.11. The number of hydrogen-bond donors (Lipinski definition) is 0. The highest BCUT2D eigenvalue weighted by Gasteiger charge is 2.21. The van der Waals surface area contributed by atoms with Crippen molar-refractivity contribution in [3.63, 3.8) is 0 Å². The summed E-state index contributed by atoms with van der Waals surface area (Å²) < 4.78 is 12.9. The van der Waals surface area contributed by atoms with E-state index in [2.05, 4.69) is 18.7 Å². The lowest BCUT2D eigenvalue weighted by Crippen LogP contribution is -2.32. The van der Waals surface area contributed by atoms with Gasteiger partial charge in [-0.1, -0.05) is 6.92 Å². The number of anilines is 1. The number of rotatable bonds is 5. The van der Waals surface area contributed by atoms with Crippen molar-refractivity contribution in [3.05, 3.63) is 35.5 Å². The molecule has 3 aromatic rings. The molecule has 0 atom stereocenters. The van der Waals surface area contributed by atoms with Gasteiger partial charge in [0.25, 0.3) is 0 Å². The molecule has 0 bridgehead atoms. The zero-order valence-electron chi connectivity index (χ0n) is 17.2. The summed E-state index contributed by atoms with van der Waals surface area (Å²) >= 11 is 0. The number of methoxy groups -OCH3 is 2. The molecule has 0 saturated carbocycles. The van der Waals surface area contributed by atoms with Crippen LogP contribution in [0.3, 0.4) is 0 Å². The van der Waals surface area contributed by atoms with Gasteiger partial charge in [0.15, 0.2) is 5.65 Å². The Bertz CT molecular complexity index is 968. The van der Waals surface area contributed by atoms with Crippen LogP contribution < -0.4 is 14.4 Å². The summed E-state index contributed by atoms with van der Waals surface area (Å²) in [7, 11) is 3.32. The topological polar surface area (TPSA) is 51.9 Å². The predicted molar refractivity (Wildman–Crippen MR) is 112 cm³/mol. The largest absolute Gasteiger partial charge is 0.497 e. The molecule has 1 fully saturated rings. The Morgan fingerprint density at radius 1 is 0.964 bits per heavy atom. The summed E-state index contributed by atoms with van der Waals surface area (Å²) in [4.78, 5) is 7.32. The van der Waals surface area contributed by atoms with Crippen LogP contribution in [0.2, 0.25) is 0 Å². The molecule has 1 aliphatic rings. The standard InChI is InChI=1S/C22H28N4O2/c1-5-19-15(2)23-21-14-20(16-11-17(27-3)13-18(12-16)28-4)24-26(21)22(19)25-9-7-6-8-10-25/h11-14H,5-10H2,1-4H3. The Morgan fingerprint density at radius 3 is 2.25 bits per heavy atom. The molecular formula is C22H28N4O2. The molecule has 2 aromatic heterocycles. The maximum Gasteiger partial charge on any atom is 0.158 e. The van der Waals surface area contributed by atoms with Crippen molar-refractivity contribution >= 4 is 11.5 Å². The molecule has 28 heavy (non-hydrogen) atoms. The van der Waals surface area contributed by atoms with E-state index in [1.54, 1.807) is 14.2 Å². The third-order valence-electron chi connectivity index (χ3n) is 5.54. The molecule has 0 spiro atoms. The van der Waals surface area contributed by atoms with Gasteiger partial charge in [0.05, 0.1) is 19.9 Å². The quantitative estimate of drug-likeness (QED) is 0.661. The van der Waals surface area contributed by atoms with Gasteiger partial charge in [-0.2, -0.15) is 9.61 Å². The molecule has 0 radical (unpaired) electrons. The lowest BCUT2D eigenvalue weighted by molar-refractivity contribution is 0.394. The van der Waals surface area contributed by atoms with Crippen molar-refractivity contribution in [2.45, 2.75) is 39.5 Å². The first-order valence-corrected chi connectivity index (χ1v) is 10.0. The number of aryl methyl sites for hydroxylation is 1. The van der Waals surface area contributed by atoms with Crippen molar-refractivity contribution in [1.29, 1.82) is 0 Å². The zero-order chi connectivity index (χ0) is 19.7. The SMILES string of the molecule is CCc1c(C)nc2cc(-c3cc(OC)cc(OC)c3)nn2c1N1CCCCC1. The Morgan fingerprint density at radius 2 is 1.64 bits per heavy atom. The predicted octanol–water partition coefficient (Wildman–Crippen LogP) is 4.27. The van der Waals surface area contributed by atoms with Gasteiger partial charge >= 0.3 is 0 Å². The van der Waals surface area contributed by atoms with E-state index in [-0.39, 0.29) is 0 Å². The van der Waals surface area contributed by atoms with Crippen LogP contribution in [0.15, 0.2) is 24.3 Å². The fraction of sp³-hybridized carbons (Fsp3) is 0.455. The molecule has 6 heteroatoms. The first-order valence-electron chi connectivity index (χ1n) is 10.0. The molecular weight excluding hydrogens is 352 g/mol. The average molecular weight is 380 g/mol. The molecule has 148 valence electrons. The molecule has 1 aromatic carbocycles. The summed E-state index contributed by atoms with van der Waals surface area (Å²) in [5, 5.41) is 4.96. The molecule has 4 rings (SSSR count). The molecule has 0 amide bonds. The van der Waals surface area contributed by atoms with E-state index in [4.69, 9.17) is 19.6 Å². The number of aromatic nitrogens is 3. The third-order valence-corrected chi connectivity index (χ3v) is 5.54. The average Bonchev–Trinajstić information content (AvgIpc) is 3.16. The van der Waals surface area contributed by atoms with E-state index in [9.17, 15) is 0 Å². The first kappa shape index (κ1) is 18.6. The minimum Gasteiger partial charge on any atom is -0.497 e. The van der Waals surface area contributed by atoms with E-state index in [0.717, 1.165) is 53.6 Å². The summed E-state index contributed by atoms with van der Waals surface area (Å²) in [5.74, 6) is 2.70. The van der Waals surface area contributed by atoms with Crippen molar-refractivity contribution in [2.24, 2.45) is 0 Å². The highest BCUT2D eigenvalue weighted by Crippen LogP contribution is 2.32. The van der Waals surface area contributed by atoms with Crippen LogP contribution in [0.25, 0.3) is 16.9 Å². The Hall–Kier alpha value is -2.76. The maximum absolute atomic E-state index is 5.43. The summed E-state index contributed by atoms with van der Waals surface area (Å²) in [6.07, 6.45) is 4.71. The van der Waals surface area contributed by atoms with Crippen LogP contribution in [0.4, 0.5) is 5.82 Å². The summed E-state index contributed by atoms with van der Waals surface area (Å²) in [5.41, 5.74) is 5.09. The zero-order valence-corrected chi connectivity index (χ0v) is 17.2. The van der Waals surface area contributed by atoms with Crippen molar-refractivity contribution < 1.29 is 9.47 Å². The van der Waals surface area contributed by atoms with Crippen molar-refractivity contribution in [3.8, 4) is 22.8 Å². The van der Waals surface area contributed by atoms with Gasteiger partial charge in [0.1, 0.15) is 17.3 Å². The molecule has 3 heterocycles. The van der Waals surface area contributed by atoms with Gasteiger partial charge in [0.2, 0.25) is 0 Å². The molecule has 0 unspecified atom stereocenters. The molecule has 0 aliphatic carbocycles. The minimum absolute atomic E-state index is 0.751. The van der Waals surface area contributed by atoms with Crippen LogP contribution in [0.5, 0.6) is 11.5 Å². The second kappa shape index (κ2) is 7.70. The van der Waals surface area contributed by atoms with Gasteiger partial charge in [-0.15, -0.1) is 0 Å². The summed E-state index contributed by atoms with van der Waals surface area (Å²) in [6, 6.07) is 7.89. The number of fused-ring (bicyclic) bond motifs is 1. The number of hydrogen-bond acceptors (Lipinski definition) is 5. The number of benzene rings is 1. The lowest BCUT2D eigenvalue weighted by Gasteiger charge is -2.31. The lowest BCUT2D eigenvalue weighted by atomic mass is 10.1. The number of ether oxygens (including phenoxy) is 2. The Labute approximate surface area is 166 Å². The monoisotopic (exact) mass is 380 g/mol. The van der Waals surface area contributed by atoms with Crippen LogP contribution in [0.1, 0.15) is 37.4 Å². The van der Waals surface area contributed by atoms with E-state index in [1.165, 1.54) is 30.6 Å². The minimum atomic E-state index is 0.751. The van der Waals surface area contributed by atoms with Crippen LogP contribution in [-0.2, 0) is 6.42 Å². The smallest absolute Gasteiger partial charge is 0.158 e. The molecule has 6 nitrogen and oxygen atoms in total. The molecule has 1 saturated heterocycles. The van der Waals surface area contributed by atoms with Gasteiger partial charge in [-0.3, -0.25) is 0 Å². The fourth-order valence-corrected chi connectivity index (χ4v) is 4.08. The van der Waals surface area contributed by atoms with Crippen molar-refractivity contribution in [2.75, 3.05) is 32.2 Å². The van der Waals surface area contributed by atoms with Gasteiger partial charge in [0, 0.05) is 42.0 Å². The van der Waals surface area contributed by atoms with Gasteiger partial charge in [-0.25, -0.2) is 4.98 Å². The van der Waals surface area contributed by atoms with E-state index in [1.807, 2.05) is 28.8 Å². The number of nitrogens with zero attached hydrogens (tertiary/aromatic N) is 4. The van der Waals surface area contributed by atoms with Gasteiger partial charge in [-0.05, 0) is 44.7 Å².